The van der Waals surface area contributed by atoms with Gasteiger partial charge in [-0.2, -0.15) is 0 Å². The first kappa shape index (κ1) is 17.6. The lowest BCUT2D eigenvalue weighted by molar-refractivity contribution is 0.162. The summed E-state index contributed by atoms with van der Waals surface area (Å²) in [5, 5.41) is 15.4. The normalized spacial score (nSPS) is 16.4. The van der Waals surface area contributed by atoms with Gasteiger partial charge in [0.05, 0.1) is 18.2 Å². The second-order valence-corrected chi connectivity index (χ2v) is 6.73. The highest BCUT2D eigenvalue weighted by Gasteiger charge is 2.34. The number of aliphatic hydroxyl groups is 1. The summed E-state index contributed by atoms with van der Waals surface area (Å²) in [6.45, 7) is 6.37. The molecule has 0 aliphatic heterocycles. The van der Waals surface area contributed by atoms with Crippen LogP contribution in [0, 0.1) is 6.92 Å². The molecule has 1 aromatic rings. The smallest absolute Gasteiger partial charge is 0.315 e. The van der Waals surface area contributed by atoms with Gasteiger partial charge in [-0.05, 0) is 45.2 Å². The summed E-state index contributed by atoms with van der Waals surface area (Å²) in [7, 11) is 0. The minimum Gasteiger partial charge on any atom is -0.491 e. The average Bonchev–Trinajstić information content (AvgIpc) is 2.95. The third-order valence-electron chi connectivity index (χ3n) is 4.27. The first-order chi connectivity index (χ1) is 10.9. The van der Waals surface area contributed by atoms with Gasteiger partial charge >= 0.3 is 6.03 Å². The van der Waals surface area contributed by atoms with Crippen LogP contribution in [0.5, 0.6) is 5.75 Å². The predicted molar refractivity (Wildman–Crippen MR) is 90.6 cm³/mol. The van der Waals surface area contributed by atoms with E-state index in [9.17, 15) is 9.90 Å². The van der Waals surface area contributed by atoms with Crippen LogP contribution in [0.1, 0.15) is 50.7 Å². The van der Waals surface area contributed by atoms with Gasteiger partial charge in [-0.3, -0.25) is 0 Å². The number of aryl methyl sites for hydroxylation is 1. The second kappa shape index (κ2) is 7.68. The van der Waals surface area contributed by atoms with Gasteiger partial charge in [0.25, 0.3) is 0 Å². The highest BCUT2D eigenvalue weighted by molar-refractivity contribution is 5.75. The van der Waals surface area contributed by atoms with E-state index in [2.05, 4.69) is 10.6 Å². The van der Waals surface area contributed by atoms with Gasteiger partial charge in [0.1, 0.15) is 5.75 Å². The number of hydrogen-bond donors (Lipinski definition) is 3. The van der Waals surface area contributed by atoms with Gasteiger partial charge in [-0.25, -0.2) is 4.79 Å². The number of ether oxygens (including phenoxy) is 1. The Morgan fingerprint density at radius 1 is 1.35 bits per heavy atom. The summed E-state index contributed by atoms with van der Waals surface area (Å²) in [5.74, 6) is 0.804. The first-order valence-corrected chi connectivity index (χ1v) is 8.37. The maximum atomic E-state index is 12.2. The van der Waals surface area contributed by atoms with Crippen molar-refractivity contribution in [2.75, 3.05) is 6.61 Å². The lowest BCUT2D eigenvalue weighted by Crippen LogP contribution is -2.52. The third-order valence-corrected chi connectivity index (χ3v) is 4.27. The van der Waals surface area contributed by atoms with Gasteiger partial charge in [-0.1, -0.05) is 25.0 Å². The van der Waals surface area contributed by atoms with E-state index in [0.717, 1.165) is 42.6 Å². The van der Waals surface area contributed by atoms with Gasteiger partial charge in [0, 0.05) is 12.1 Å². The van der Waals surface area contributed by atoms with Crippen LogP contribution in [0.25, 0.3) is 0 Å². The van der Waals surface area contributed by atoms with E-state index < -0.39 is 5.54 Å². The number of aliphatic hydroxyl groups excluding tert-OH is 1. The number of amides is 2. The number of carbonyl (C=O) groups is 1. The Labute approximate surface area is 138 Å². The van der Waals surface area contributed by atoms with Crippen molar-refractivity contribution in [1.29, 1.82) is 0 Å². The molecule has 128 valence electrons. The standard InChI is InChI=1S/C18H28N2O3/c1-13(2)23-16-10-14(3)6-7-15(16)11-19-17(22)20-18(12-21)8-4-5-9-18/h6-7,10,13,21H,4-5,8-9,11-12H2,1-3H3,(H2,19,20,22). The van der Waals surface area contributed by atoms with Crippen molar-refractivity contribution in [1.82, 2.24) is 10.6 Å². The monoisotopic (exact) mass is 320 g/mol. The van der Waals surface area contributed by atoms with Crippen LogP contribution in [-0.2, 0) is 6.54 Å². The fourth-order valence-corrected chi connectivity index (χ4v) is 3.01. The quantitative estimate of drug-likeness (QED) is 0.755. The highest BCUT2D eigenvalue weighted by atomic mass is 16.5. The first-order valence-electron chi connectivity index (χ1n) is 8.37. The third kappa shape index (κ3) is 4.86. The average molecular weight is 320 g/mol. The molecule has 5 nitrogen and oxygen atoms in total. The van der Waals surface area contributed by atoms with E-state index in [0.29, 0.717) is 6.54 Å². The van der Waals surface area contributed by atoms with E-state index in [1.165, 1.54) is 0 Å². The molecule has 0 heterocycles. The molecule has 0 radical (unpaired) electrons. The van der Waals surface area contributed by atoms with Crippen molar-refractivity contribution in [2.45, 2.75) is 64.6 Å². The summed E-state index contributed by atoms with van der Waals surface area (Å²) in [4.78, 5) is 12.2. The van der Waals surface area contributed by atoms with Gasteiger partial charge in [-0.15, -0.1) is 0 Å². The Bertz CT molecular complexity index is 537. The fourth-order valence-electron chi connectivity index (χ4n) is 3.01. The number of nitrogens with one attached hydrogen (secondary N) is 2. The molecular formula is C18H28N2O3. The van der Waals surface area contributed by atoms with Crippen molar-refractivity contribution < 1.29 is 14.6 Å². The molecule has 0 spiro atoms. The topological polar surface area (TPSA) is 70.6 Å². The molecule has 0 aromatic heterocycles. The lowest BCUT2D eigenvalue weighted by Gasteiger charge is -2.28. The fraction of sp³-hybridized carbons (Fsp3) is 0.611. The van der Waals surface area contributed by atoms with Crippen molar-refractivity contribution in [3.63, 3.8) is 0 Å². The number of benzene rings is 1. The molecule has 1 aromatic carbocycles. The molecule has 0 saturated heterocycles. The summed E-state index contributed by atoms with van der Waals surface area (Å²) in [5.41, 5.74) is 1.62. The Morgan fingerprint density at radius 2 is 2.04 bits per heavy atom. The predicted octanol–water partition coefficient (Wildman–Crippen LogP) is 2.89. The van der Waals surface area contributed by atoms with Crippen molar-refractivity contribution in [2.24, 2.45) is 0 Å². The van der Waals surface area contributed by atoms with Crippen molar-refractivity contribution in [3.8, 4) is 5.75 Å². The molecule has 5 heteroatoms. The number of rotatable bonds is 6. The molecule has 0 unspecified atom stereocenters. The van der Waals surface area contributed by atoms with Crippen LogP contribution in [0.15, 0.2) is 18.2 Å². The van der Waals surface area contributed by atoms with E-state index in [-0.39, 0.29) is 18.7 Å². The van der Waals surface area contributed by atoms with Crippen LogP contribution in [-0.4, -0.2) is 29.4 Å². The maximum Gasteiger partial charge on any atom is 0.315 e. The van der Waals surface area contributed by atoms with Crippen LogP contribution >= 0.6 is 0 Å². The largest absolute Gasteiger partial charge is 0.491 e. The molecular weight excluding hydrogens is 292 g/mol. The summed E-state index contributed by atoms with van der Waals surface area (Å²) >= 11 is 0. The molecule has 23 heavy (non-hydrogen) atoms. The van der Waals surface area contributed by atoms with Crippen molar-refractivity contribution >= 4 is 6.03 Å². The summed E-state index contributed by atoms with van der Waals surface area (Å²) in [6, 6.07) is 5.73. The summed E-state index contributed by atoms with van der Waals surface area (Å²) in [6.07, 6.45) is 3.85. The van der Waals surface area contributed by atoms with Crippen molar-refractivity contribution in [3.05, 3.63) is 29.3 Å². The molecule has 1 saturated carbocycles. The Balaban J connectivity index is 1.96. The van der Waals surface area contributed by atoms with E-state index >= 15 is 0 Å². The number of carbonyl (C=O) groups excluding carboxylic acids is 1. The zero-order chi connectivity index (χ0) is 16.9. The zero-order valence-corrected chi connectivity index (χ0v) is 14.3. The van der Waals surface area contributed by atoms with Gasteiger partial charge in [0.15, 0.2) is 0 Å². The van der Waals surface area contributed by atoms with Crippen LogP contribution in [0.2, 0.25) is 0 Å². The highest BCUT2D eigenvalue weighted by Crippen LogP contribution is 2.29. The van der Waals surface area contributed by atoms with Crippen LogP contribution in [0.3, 0.4) is 0 Å². The number of hydrogen-bond acceptors (Lipinski definition) is 3. The molecule has 2 rings (SSSR count). The second-order valence-electron chi connectivity index (χ2n) is 6.73. The Morgan fingerprint density at radius 3 is 2.65 bits per heavy atom. The number of urea groups is 1. The molecule has 0 bridgehead atoms. The van der Waals surface area contributed by atoms with Gasteiger partial charge in [0.2, 0.25) is 0 Å². The molecule has 1 aliphatic rings. The molecule has 0 atom stereocenters. The SMILES string of the molecule is Cc1ccc(CNC(=O)NC2(CO)CCCC2)c(OC(C)C)c1. The van der Waals surface area contributed by atoms with Crippen LogP contribution < -0.4 is 15.4 Å². The zero-order valence-electron chi connectivity index (χ0n) is 14.3. The van der Waals surface area contributed by atoms with Gasteiger partial charge < -0.3 is 20.5 Å². The lowest BCUT2D eigenvalue weighted by atomic mass is 9.99. The minimum absolute atomic E-state index is 0.00728. The summed E-state index contributed by atoms with van der Waals surface area (Å²) < 4.78 is 5.82. The Hall–Kier alpha value is -1.75. The molecule has 1 aliphatic carbocycles. The van der Waals surface area contributed by atoms with Crippen LogP contribution in [0.4, 0.5) is 4.79 Å². The Kier molecular flexibility index (Phi) is 5.88. The van der Waals surface area contributed by atoms with E-state index in [1.807, 2.05) is 39.0 Å². The molecule has 2 amide bonds. The molecule has 1 fully saturated rings. The molecule has 3 N–H and O–H groups in total. The minimum atomic E-state index is -0.450. The van der Waals surface area contributed by atoms with E-state index in [1.54, 1.807) is 0 Å². The van der Waals surface area contributed by atoms with E-state index in [4.69, 9.17) is 4.74 Å². The maximum absolute atomic E-state index is 12.2.